The maximum atomic E-state index is 5.49. The number of hydrogen-bond donors (Lipinski definition) is 1. The van der Waals surface area contributed by atoms with E-state index < -0.39 is 0 Å². The van der Waals surface area contributed by atoms with Gasteiger partial charge in [0.2, 0.25) is 0 Å². The van der Waals surface area contributed by atoms with Crippen molar-refractivity contribution >= 4 is 0 Å². The van der Waals surface area contributed by atoms with Crippen molar-refractivity contribution < 1.29 is 4.74 Å². The molecule has 1 atom stereocenters. The molecule has 1 aliphatic heterocycles. The first kappa shape index (κ1) is 8.58. The second-order valence-electron chi connectivity index (χ2n) is 2.79. The van der Waals surface area contributed by atoms with Crippen molar-refractivity contribution in [2.24, 2.45) is 0 Å². The highest BCUT2D eigenvalue weighted by molar-refractivity contribution is 4.83. The SMILES string of the molecule is C#CCCCC1CNCCO1. The van der Waals surface area contributed by atoms with Gasteiger partial charge in [-0.1, -0.05) is 0 Å². The molecule has 1 unspecified atom stereocenters. The van der Waals surface area contributed by atoms with Crippen LogP contribution in [0.15, 0.2) is 0 Å². The number of unbranched alkanes of at least 4 members (excludes halogenated alkanes) is 1. The lowest BCUT2D eigenvalue weighted by Gasteiger charge is -2.23. The topological polar surface area (TPSA) is 21.3 Å². The molecule has 1 rings (SSSR count). The van der Waals surface area contributed by atoms with Crippen LogP contribution in [0.1, 0.15) is 19.3 Å². The van der Waals surface area contributed by atoms with Crippen LogP contribution in [-0.2, 0) is 4.74 Å². The van der Waals surface area contributed by atoms with Crippen LogP contribution in [0.2, 0.25) is 0 Å². The molecule has 0 aliphatic carbocycles. The Morgan fingerprint density at radius 2 is 2.55 bits per heavy atom. The second kappa shape index (κ2) is 5.17. The molecule has 0 saturated carbocycles. The van der Waals surface area contributed by atoms with Crippen molar-refractivity contribution in [3.63, 3.8) is 0 Å². The predicted octanol–water partition coefficient (Wildman–Crippen LogP) is 0.778. The van der Waals surface area contributed by atoms with Crippen LogP contribution < -0.4 is 5.32 Å². The van der Waals surface area contributed by atoms with Crippen molar-refractivity contribution in [3.05, 3.63) is 0 Å². The number of hydrogen-bond acceptors (Lipinski definition) is 2. The zero-order chi connectivity index (χ0) is 7.94. The van der Waals surface area contributed by atoms with Gasteiger partial charge in [-0.2, -0.15) is 0 Å². The lowest BCUT2D eigenvalue weighted by Crippen LogP contribution is -2.38. The molecule has 0 aromatic carbocycles. The molecule has 0 aromatic heterocycles. The van der Waals surface area contributed by atoms with Crippen molar-refractivity contribution in [2.45, 2.75) is 25.4 Å². The molecule has 2 nitrogen and oxygen atoms in total. The predicted molar refractivity (Wildman–Crippen MR) is 45.3 cm³/mol. The Bertz CT molecular complexity index is 133. The van der Waals surface area contributed by atoms with Gasteiger partial charge >= 0.3 is 0 Å². The molecule has 0 bridgehead atoms. The average molecular weight is 153 g/mol. The minimum Gasteiger partial charge on any atom is -0.376 e. The van der Waals surface area contributed by atoms with Gasteiger partial charge in [-0.3, -0.25) is 0 Å². The summed E-state index contributed by atoms with van der Waals surface area (Å²) in [4.78, 5) is 0. The van der Waals surface area contributed by atoms with Gasteiger partial charge in [0, 0.05) is 19.5 Å². The van der Waals surface area contributed by atoms with Crippen molar-refractivity contribution in [3.8, 4) is 12.3 Å². The first-order valence-corrected chi connectivity index (χ1v) is 4.19. The van der Waals surface area contributed by atoms with Crippen molar-refractivity contribution in [1.29, 1.82) is 0 Å². The highest BCUT2D eigenvalue weighted by Gasteiger charge is 2.11. The summed E-state index contributed by atoms with van der Waals surface area (Å²) in [6, 6.07) is 0. The maximum absolute atomic E-state index is 5.49. The molecule has 1 heterocycles. The van der Waals surface area contributed by atoms with Crippen LogP contribution in [0.5, 0.6) is 0 Å². The van der Waals surface area contributed by atoms with Gasteiger partial charge in [-0.25, -0.2) is 0 Å². The van der Waals surface area contributed by atoms with E-state index in [1.54, 1.807) is 0 Å². The van der Waals surface area contributed by atoms with E-state index in [0.717, 1.165) is 39.0 Å². The van der Waals surface area contributed by atoms with Crippen LogP contribution in [0, 0.1) is 12.3 Å². The van der Waals surface area contributed by atoms with Gasteiger partial charge in [-0.05, 0) is 12.8 Å². The van der Waals surface area contributed by atoms with Crippen LogP contribution >= 0.6 is 0 Å². The first-order chi connectivity index (χ1) is 5.43. The zero-order valence-electron chi connectivity index (χ0n) is 6.81. The molecular formula is C9H15NO. The summed E-state index contributed by atoms with van der Waals surface area (Å²) in [5.74, 6) is 2.63. The van der Waals surface area contributed by atoms with E-state index in [-0.39, 0.29) is 0 Å². The fourth-order valence-electron chi connectivity index (χ4n) is 1.24. The summed E-state index contributed by atoms with van der Waals surface area (Å²) in [5, 5.41) is 3.29. The molecule has 0 aromatic rings. The fraction of sp³-hybridized carbons (Fsp3) is 0.778. The highest BCUT2D eigenvalue weighted by Crippen LogP contribution is 2.05. The third-order valence-electron chi connectivity index (χ3n) is 1.85. The normalized spacial score (nSPS) is 24.5. The van der Waals surface area contributed by atoms with Crippen molar-refractivity contribution in [2.75, 3.05) is 19.7 Å². The molecule has 11 heavy (non-hydrogen) atoms. The molecule has 62 valence electrons. The molecule has 0 spiro atoms. The number of rotatable bonds is 3. The smallest absolute Gasteiger partial charge is 0.0700 e. The first-order valence-electron chi connectivity index (χ1n) is 4.19. The van der Waals surface area contributed by atoms with E-state index in [1.165, 1.54) is 0 Å². The summed E-state index contributed by atoms with van der Waals surface area (Å²) < 4.78 is 5.49. The third-order valence-corrected chi connectivity index (χ3v) is 1.85. The Morgan fingerprint density at radius 1 is 1.64 bits per heavy atom. The molecule has 1 fully saturated rings. The molecule has 1 N–H and O–H groups in total. The highest BCUT2D eigenvalue weighted by atomic mass is 16.5. The van der Waals surface area contributed by atoms with E-state index in [0.29, 0.717) is 6.10 Å². The number of ether oxygens (including phenoxy) is 1. The Kier molecular flexibility index (Phi) is 4.03. The largest absolute Gasteiger partial charge is 0.376 e. The molecule has 0 amide bonds. The minimum absolute atomic E-state index is 0.400. The number of terminal acetylenes is 1. The summed E-state index contributed by atoms with van der Waals surface area (Å²) in [6.45, 7) is 2.83. The van der Waals surface area contributed by atoms with E-state index >= 15 is 0 Å². The van der Waals surface area contributed by atoms with Gasteiger partial charge in [0.1, 0.15) is 0 Å². The van der Waals surface area contributed by atoms with Crippen LogP contribution in [0.3, 0.4) is 0 Å². The summed E-state index contributed by atoms with van der Waals surface area (Å²) in [6.07, 6.45) is 8.59. The van der Waals surface area contributed by atoms with E-state index in [2.05, 4.69) is 11.2 Å². The quantitative estimate of drug-likeness (QED) is 0.478. The van der Waals surface area contributed by atoms with Gasteiger partial charge in [0.15, 0.2) is 0 Å². The Hall–Kier alpha value is -0.520. The number of nitrogens with one attached hydrogen (secondary N) is 1. The van der Waals surface area contributed by atoms with E-state index in [1.807, 2.05) is 0 Å². The Labute approximate surface area is 68.3 Å². The fourth-order valence-corrected chi connectivity index (χ4v) is 1.24. The number of morpholine rings is 1. The zero-order valence-corrected chi connectivity index (χ0v) is 6.81. The summed E-state index contributed by atoms with van der Waals surface area (Å²) in [7, 11) is 0. The molecule has 0 radical (unpaired) electrons. The van der Waals surface area contributed by atoms with Crippen LogP contribution in [0.25, 0.3) is 0 Å². The molecular weight excluding hydrogens is 138 g/mol. The lowest BCUT2D eigenvalue weighted by atomic mass is 10.1. The van der Waals surface area contributed by atoms with Crippen LogP contribution in [-0.4, -0.2) is 25.8 Å². The standard InChI is InChI=1S/C9H15NO/c1-2-3-4-5-9-8-10-6-7-11-9/h1,9-10H,3-8H2. The van der Waals surface area contributed by atoms with E-state index in [9.17, 15) is 0 Å². The van der Waals surface area contributed by atoms with Gasteiger partial charge in [0.25, 0.3) is 0 Å². The monoisotopic (exact) mass is 153 g/mol. The van der Waals surface area contributed by atoms with Gasteiger partial charge in [0.05, 0.1) is 12.7 Å². The average Bonchev–Trinajstić information content (AvgIpc) is 2.07. The second-order valence-corrected chi connectivity index (χ2v) is 2.79. The molecule has 1 aliphatic rings. The third kappa shape index (κ3) is 3.41. The van der Waals surface area contributed by atoms with Crippen LogP contribution in [0.4, 0.5) is 0 Å². The Morgan fingerprint density at radius 3 is 3.18 bits per heavy atom. The maximum Gasteiger partial charge on any atom is 0.0700 e. The Balaban J connectivity index is 2.01. The summed E-state index contributed by atoms with van der Waals surface area (Å²) in [5.41, 5.74) is 0. The van der Waals surface area contributed by atoms with Crippen molar-refractivity contribution in [1.82, 2.24) is 5.32 Å². The molecule has 1 saturated heterocycles. The van der Waals surface area contributed by atoms with E-state index in [4.69, 9.17) is 11.2 Å². The summed E-state index contributed by atoms with van der Waals surface area (Å²) >= 11 is 0. The van der Waals surface area contributed by atoms with Gasteiger partial charge in [-0.15, -0.1) is 12.3 Å². The lowest BCUT2D eigenvalue weighted by molar-refractivity contribution is 0.0227. The minimum atomic E-state index is 0.400. The van der Waals surface area contributed by atoms with Gasteiger partial charge < -0.3 is 10.1 Å². The molecule has 2 heteroatoms.